The Morgan fingerprint density at radius 1 is 0.850 bits per heavy atom. The van der Waals surface area contributed by atoms with E-state index in [0.717, 1.165) is 22.4 Å². The number of rotatable bonds is 2. The highest BCUT2D eigenvalue weighted by molar-refractivity contribution is 6.30. The molecular weight excluding hydrogens is 266 g/mol. The van der Waals surface area contributed by atoms with Gasteiger partial charge in [0.1, 0.15) is 0 Å². The van der Waals surface area contributed by atoms with Crippen molar-refractivity contribution in [1.82, 2.24) is 4.98 Å². The molecule has 0 atom stereocenters. The van der Waals surface area contributed by atoms with Crippen LogP contribution in [0.25, 0.3) is 22.4 Å². The van der Waals surface area contributed by atoms with Crippen LogP contribution in [0.5, 0.6) is 0 Å². The molecule has 0 aliphatic heterocycles. The first-order valence-corrected chi connectivity index (χ1v) is 6.90. The molecule has 0 fully saturated rings. The third-order valence-corrected chi connectivity index (χ3v) is 3.47. The standard InChI is InChI=1S/C18H14ClN/c1-13-7-9-15(10-8-13)18-17(11-16(19)12-20-18)14-5-3-2-4-6-14/h2-12H,1H3. The van der Waals surface area contributed by atoms with Gasteiger partial charge in [-0.15, -0.1) is 0 Å². The maximum Gasteiger partial charge on any atom is 0.0781 e. The van der Waals surface area contributed by atoms with E-state index >= 15 is 0 Å². The fraction of sp³-hybridized carbons (Fsp3) is 0.0556. The molecule has 1 aromatic heterocycles. The van der Waals surface area contributed by atoms with E-state index in [4.69, 9.17) is 11.6 Å². The molecule has 1 nitrogen and oxygen atoms in total. The summed E-state index contributed by atoms with van der Waals surface area (Å²) in [7, 11) is 0. The monoisotopic (exact) mass is 279 g/mol. The highest BCUT2D eigenvalue weighted by atomic mass is 35.5. The van der Waals surface area contributed by atoms with Gasteiger partial charge in [-0.1, -0.05) is 71.8 Å². The number of aryl methyl sites for hydroxylation is 1. The second-order valence-corrected chi connectivity index (χ2v) is 5.22. The minimum atomic E-state index is 0.653. The molecule has 0 N–H and O–H groups in total. The molecule has 2 heteroatoms. The molecule has 2 aromatic carbocycles. The van der Waals surface area contributed by atoms with Crippen LogP contribution in [-0.4, -0.2) is 4.98 Å². The third kappa shape index (κ3) is 2.59. The van der Waals surface area contributed by atoms with Crippen LogP contribution < -0.4 is 0 Å². The summed E-state index contributed by atoms with van der Waals surface area (Å²) in [4.78, 5) is 4.52. The predicted molar refractivity (Wildman–Crippen MR) is 84.9 cm³/mol. The summed E-state index contributed by atoms with van der Waals surface area (Å²) in [6.45, 7) is 2.08. The Morgan fingerprint density at radius 3 is 2.25 bits per heavy atom. The van der Waals surface area contributed by atoms with Crippen LogP contribution in [0.3, 0.4) is 0 Å². The molecule has 0 spiro atoms. The number of benzene rings is 2. The number of pyridine rings is 1. The normalized spacial score (nSPS) is 10.5. The van der Waals surface area contributed by atoms with E-state index in [0.29, 0.717) is 5.02 Å². The molecule has 0 saturated carbocycles. The second kappa shape index (κ2) is 5.48. The second-order valence-electron chi connectivity index (χ2n) is 4.78. The van der Waals surface area contributed by atoms with Gasteiger partial charge in [-0.25, -0.2) is 0 Å². The average Bonchev–Trinajstić information content (AvgIpc) is 2.49. The summed E-state index contributed by atoms with van der Waals surface area (Å²) in [6, 6.07) is 20.6. The largest absolute Gasteiger partial charge is 0.254 e. The van der Waals surface area contributed by atoms with Gasteiger partial charge in [-0.05, 0) is 18.6 Å². The molecule has 0 unspecified atom stereocenters. The van der Waals surface area contributed by atoms with Crippen molar-refractivity contribution < 1.29 is 0 Å². The number of nitrogens with zero attached hydrogens (tertiary/aromatic N) is 1. The number of aromatic nitrogens is 1. The molecule has 0 amide bonds. The van der Waals surface area contributed by atoms with Gasteiger partial charge in [0.2, 0.25) is 0 Å². The van der Waals surface area contributed by atoms with Crippen molar-refractivity contribution in [3.8, 4) is 22.4 Å². The van der Waals surface area contributed by atoms with Crippen molar-refractivity contribution in [2.75, 3.05) is 0 Å². The van der Waals surface area contributed by atoms with Crippen LogP contribution in [0.1, 0.15) is 5.56 Å². The van der Waals surface area contributed by atoms with Crippen molar-refractivity contribution in [3.63, 3.8) is 0 Å². The van der Waals surface area contributed by atoms with Crippen LogP contribution in [0.2, 0.25) is 5.02 Å². The van der Waals surface area contributed by atoms with Crippen molar-refractivity contribution in [1.29, 1.82) is 0 Å². The zero-order chi connectivity index (χ0) is 13.9. The summed E-state index contributed by atoms with van der Waals surface area (Å²) in [5, 5.41) is 0.653. The lowest BCUT2D eigenvalue weighted by Crippen LogP contribution is -1.89. The zero-order valence-corrected chi connectivity index (χ0v) is 11.9. The SMILES string of the molecule is Cc1ccc(-c2ncc(Cl)cc2-c2ccccc2)cc1. The minimum Gasteiger partial charge on any atom is -0.254 e. The minimum absolute atomic E-state index is 0.653. The van der Waals surface area contributed by atoms with Gasteiger partial charge < -0.3 is 0 Å². The summed E-state index contributed by atoms with van der Waals surface area (Å²) >= 11 is 6.12. The molecule has 98 valence electrons. The fourth-order valence-corrected chi connectivity index (χ4v) is 2.38. The van der Waals surface area contributed by atoms with Crippen LogP contribution in [0.4, 0.5) is 0 Å². The molecule has 0 radical (unpaired) electrons. The van der Waals surface area contributed by atoms with Crippen molar-refractivity contribution >= 4 is 11.6 Å². The lowest BCUT2D eigenvalue weighted by Gasteiger charge is -2.10. The van der Waals surface area contributed by atoms with Gasteiger partial charge in [0.25, 0.3) is 0 Å². The van der Waals surface area contributed by atoms with E-state index in [9.17, 15) is 0 Å². The Kier molecular flexibility index (Phi) is 3.53. The topological polar surface area (TPSA) is 12.9 Å². The van der Waals surface area contributed by atoms with Gasteiger partial charge in [-0.3, -0.25) is 4.98 Å². The maximum absolute atomic E-state index is 6.12. The Bertz CT molecular complexity index is 718. The molecular formula is C18H14ClN. The third-order valence-electron chi connectivity index (χ3n) is 3.26. The summed E-state index contributed by atoms with van der Waals surface area (Å²) in [6.07, 6.45) is 1.70. The van der Waals surface area contributed by atoms with Crippen LogP contribution in [0.15, 0.2) is 66.9 Å². The smallest absolute Gasteiger partial charge is 0.0781 e. The van der Waals surface area contributed by atoms with E-state index in [1.165, 1.54) is 5.56 Å². The Morgan fingerprint density at radius 2 is 1.55 bits per heavy atom. The van der Waals surface area contributed by atoms with E-state index in [2.05, 4.69) is 48.3 Å². The molecule has 1 heterocycles. The maximum atomic E-state index is 6.12. The molecule has 0 saturated heterocycles. The van der Waals surface area contributed by atoms with Crippen LogP contribution >= 0.6 is 11.6 Å². The Hall–Kier alpha value is -2.12. The molecule has 0 bridgehead atoms. The first kappa shape index (κ1) is 12.9. The highest BCUT2D eigenvalue weighted by Crippen LogP contribution is 2.32. The van der Waals surface area contributed by atoms with E-state index in [-0.39, 0.29) is 0 Å². The van der Waals surface area contributed by atoms with Gasteiger partial charge in [0.15, 0.2) is 0 Å². The molecule has 3 aromatic rings. The van der Waals surface area contributed by atoms with E-state index in [1.54, 1.807) is 6.20 Å². The average molecular weight is 280 g/mol. The molecule has 0 aliphatic rings. The van der Waals surface area contributed by atoms with Gasteiger partial charge in [0, 0.05) is 17.3 Å². The fourth-order valence-electron chi connectivity index (χ4n) is 2.22. The van der Waals surface area contributed by atoms with E-state index in [1.807, 2.05) is 24.3 Å². The summed E-state index contributed by atoms with van der Waals surface area (Å²) in [5.74, 6) is 0. The van der Waals surface area contributed by atoms with Crippen molar-refractivity contribution in [3.05, 3.63) is 77.4 Å². The van der Waals surface area contributed by atoms with Crippen molar-refractivity contribution in [2.45, 2.75) is 6.92 Å². The number of hydrogen-bond acceptors (Lipinski definition) is 1. The molecule has 20 heavy (non-hydrogen) atoms. The lowest BCUT2D eigenvalue weighted by molar-refractivity contribution is 1.32. The van der Waals surface area contributed by atoms with Crippen LogP contribution in [-0.2, 0) is 0 Å². The van der Waals surface area contributed by atoms with Gasteiger partial charge >= 0.3 is 0 Å². The molecule has 0 aliphatic carbocycles. The highest BCUT2D eigenvalue weighted by Gasteiger charge is 2.09. The van der Waals surface area contributed by atoms with E-state index < -0.39 is 0 Å². The quantitative estimate of drug-likeness (QED) is 0.614. The predicted octanol–water partition coefficient (Wildman–Crippen LogP) is 5.38. The lowest BCUT2D eigenvalue weighted by atomic mass is 9.99. The first-order valence-electron chi connectivity index (χ1n) is 6.52. The van der Waals surface area contributed by atoms with Crippen LogP contribution in [0, 0.1) is 6.92 Å². The van der Waals surface area contributed by atoms with Gasteiger partial charge in [0.05, 0.1) is 10.7 Å². The van der Waals surface area contributed by atoms with Gasteiger partial charge in [-0.2, -0.15) is 0 Å². The first-order chi connectivity index (χ1) is 9.74. The summed E-state index contributed by atoms with van der Waals surface area (Å²) in [5.41, 5.74) is 5.48. The Balaban J connectivity index is 2.19. The molecule has 3 rings (SSSR count). The number of hydrogen-bond donors (Lipinski definition) is 0. The van der Waals surface area contributed by atoms with Crippen molar-refractivity contribution in [2.24, 2.45) is 0 Å². The zero-order valence-electron chi connectivity index (χ0n) is 11.2. The Labute approximate surface area is 123 Å². The summed E-state index contributed by atoms with van der Waals surface area (Å²) < 4.78 is 0. The number of halogens is 1.